The molecule has 0 unspecified atom stereocenters. The van der Waals surface area contributed by atoms with E-state index in [1.54, 1.807) is 12.1 Å². The number of hydrogen-bond donors (Lipinski definition) is 0. The van der Waals surface area contributed by atoms with Crippen LogP contribution >= 0.6 is 27.5 Å². The van der Waals surface area contributed by atoms with E-state index in [-0.39, 0.29) is 6.04 Å². The van der Waals surface area contributed by atoms with E-state index in [0.29, 0.717) is 20.7 Å². The van der Waals surface area contributed by atoms with Gasteiger partial charge in [-0.25, -0.2) is 0 Å². The quantitative estimate of drug-likeness (QED) is 0.748. The molecular formula is C11H9BrClNO2. The molecule has 1 heterocycles. The maximum atomic E-state index is 11.8. The van der Waals surface area contributed by atoms with Gasteiger partial charge in [0.05, 0.1) is 16.3 Å². The molecule has 0 saturated heterocycles. The zero-order valence-electron chi connectivity index (χ0n) is 8.75. The molecule has 0 spiro atoms. The molecule has 0 saturated carbocycles. The molecule has 0 N–H and O–H groups in total. The minimum atomic E-state index is -0.509. The molecule has 3 nitrogen and oxygen atoms in total. The molecule has 0 bridgehead atoms. The van der Waals surface area contributed by atoms with Crippen LogP contribution in [0.3, 0.4) is 0 Å². The SMILES string of the molecule is CC(C)N1C(=O)C(=O)c2cc(Br)cc(Cl)c21. The van der Waals surface area contributed by atoms with Crippen LogP contribution < -0.4 is 4.90 Å². The van der Waals surface area contributed by atoms with E-state index < -0.39 is 11.7 Å². The first-order chi connectivity index (χ1) is 7.43. The van der Waals surface area contributed by atoms with Gasteiger partial charge in [-0.15, -0.1) is 0 Å². The first-order valence-corrected chi connectivity index (χ1v) is 5.97. The Labute approximate surface area is 107 Å². The van der Waals surface area contributed by atoms with Crippen molar-refractivity contribution in [2.45, 2.75) is 19.9 Å². The van der Waals surface area contributed by atoms with Crippen LogP contribution in [0.1, 0.15) is 24.2 Å². The third-order valence-electron chi connectivity index (χ3n) is 2.44. The van der Waals surface area contributed by atoms with Crippen LogP contribution in [-0.2, 0) is 4.79 Å². The van der Waals surface area contributed by atoms with Crippen molar-refractivity contribution in [2.75, 3.05) is 4.90 Å². The molecule has 0 atom stereocenters. The highest BCUT2D eigenvalue weighted by Gasteiger charge is 2.39. The van der Waals surface area contributed by atoms with Gasteiger partial charge in [-0.1, -0.05) is 27.5 Å². The minimum absolute atomic E-state index is 0.0867. The third kappa shape index (κ3) is 1.57. The van der Waals surface area contributed by atoms with Crippen LogP contribution in [0.2, 0.25) is 5.02 Å². The maximum Gasteiger partial charge on any atom is 0.299 e. The molecule has 1 aliphatic heterocycles. The first-order valence-electron chi connectivity index (χ1n) is 4.80. The van der Waals surface area contributed by atoms with Gasteiger partial charge in [0.15, 0.2) is 0 Å². The van der Waals surface area contributed by atoms with Crippen LogP contribution in [0.15, 0.2) is 16.6 Å². The lowest BCUT2D eigenvalue weighted by molar-refractivity contribution is -0.114. The number of nitrogens with zero attached hydrogens (tertiary/aromatic N) is 1. The molecule has 1 amide bonds. The van der Waals surface area contributed by atoms with Gasteiger partial charge in [0.25, 0.3) is 11.7 Å². The molecule has 0 aliphatic carbocycles. The summed E-state index contributed by atoms with van der Waals surface area (Å²) in [6.45, 7) is 3.69. The van der Waals surface area contributed by atoms with Crippen molar-refractivity contribution < 1.29 is 9.59 Å². The van der Waals surface area contributed by atoms with Gasteiger partial charge < -0.3 is 4.90 Å². The Morgan fingerprint density at radius 1 is 1.31 bits per heavy atom. The summed E-state index contributed by atoms with van der Waals surface area (Å²) < 4.78 is 0.697. The van der Waals surface area contributed by atoms with Crippen LogP contribution in [-0.4, -0.2) is 17.7 Å². The Kier molecular flexibility index (Phi) is 2.80. The summed E-state index contributed by atoms with van der Waals surface area (Å²) in [4.78, 5) is 25.0. The summed E-state index contributed by atoms with van der Waals surface area (Å²) in [5.74, 6) is -1.00. The molecule has 0 aromatic heterocycles. The van der Waals surface area contributed by atoms with Crippen LogP contribution in [0, 0.1) is 0 Å². The number of amides is 1. The molecule has 0 radical (unpaired) electrons. The molecule has 16 heavy (non-hydrogen) atoms. The second-order valence-corrected chi connectivity index (χ2v) is 5.20. The van der Waals surface area contributed by atoms with Gasteiger partial charge in [-0.3, -0.25) is 9.59 Å². The number of ketones is 1. The number of carbonyl (C=O) groups excluding carboxylic acids is 2. The molecule has 1 aromatic rings. The van der Waals surface area contributed by atoms with E-state index in [0.717, 1.165) is 0 Å². The Balaban J connectivity index is 2.70. The summed E-state index contributed by atoms with van der Waals surface area (Å²) >= 11 is 9.32. The fourth-order valence-corrected chi connectivity index (χ4v) is 2.70. The summed E-state index contributed by atoms with van der Waals surface area (Å²) in [6, 6.07) is 3.22. The minimum Gasteiger partial charge on any atom is -0.301 e. The van der Waals surface area contributed by atoms with Crippen molar-refractivity contribution in [1.29, 1.82) is 0 Å². The topological polar surface area (TPSA) is 37.4 Å². The van der Waals surface area contributed by atoms with Gasteiger partial charge in [0.2, 0.25) is 0 Å². The Hall–Kier alpha value is -0.870. The van der Waals surface area contributed by atoms with E-state index in [9.17, 15) is 9.59 Å². The highest BCUT2D eigenvalue weighted by atomic mass is 79.9. The molecule has 1 aliphatic rings. The fraction of sp³-hybridized carbons (Fsp3) is 0.273. The largest absolute Gasteiger partial charge is 0.301 e. The normalized spacial score (nSPS) is 14.9. The van der Waals surface area contributed by atoms with Crippen LogP contribution in [0.5, 0.6) is 0 Å². The van der Waals surface area contributed by atoms with Gasteiger partial charge in [0.1, 0.15) is 0 Å². The Morgan fingerprint density at radius 3 is 2.50 bits per heavy atom. The molecule has 84 valence electrons. The van der Waals surface area contributed by atoms with Crippen molar-refractivity contribution >= 4 is 44.9 Å². The lowest BCUT2D eigenvalue weighted by Crippen LogP contribution is -2.35. The first kappa shape index (κ1) is 11.6. The van der Waals surface area contributed by atoms with E-state index >= 15 is 0 Å². The molecule has 5 heteroatoms. The summed E-state index contributed by atoms with van der Waals surface area (Å²) in [5, 5.41) is 0.414. The van der Waals surface area contributed by atoms with Crippen molar-refractivity contribution in [3.05, 3.63) is 27.2 Å². The second kappa shape index (κ2) is 3.86. The van der Waals surface area contributed by atoms with E-state index in [1.165, 1.54) is 4.90 Å². The average molecular weight is 303 g/mol. The van der Waals surface area contributed by atoms with Crippen LogP contribution in [0.25, 0.3) is 0 Å². The highest BCUT2D eigenvalue weighted by molar-refractivity contribution is 9.10. The number of fused-ring (bicyclic) bond motifs is 1. The smallest absolute Gasteiger partial charge is 0.299 e. The maximum absolute atomic E-state index is 11.8. The molecule has 2 rings (SSSR count). The van der Waals surface area contributed by atoms with Crippen molar-refractivity contribution in [3.8, 4) is 0 Å². The number of anilines is 1. The number of rotatable bonds is 1. The van der Waals surface area contributed by atoms with Gasteiger partial charge in [-0.05, 0) is 26.0 Å². The predicted octanol–water partition coefficient (Wildman–Crippen LogP) is 3.04. The van der Waals surface area contributed by atoms with Crippen molar-refractivity contribution in [2.24, 2.45) is 0 Å². The summed E-state index contributed by atoms with van der Waals surface area (Å²) in [5.41, 5.74) is 0.896. The number of Topliss-reactive ketones (excluding diaryl/α,β-unsaturated/α-hetero) is 1. The average Bonchev–Trinajstić information content (AvgIpc) is 2.42. The summed E-state index contributed by atoms with van der Waals surface area (Å²) in [7, 11) is 0. The highest BCUT2D eigenvalue weighted by Crippen LogP contribution is 2.39. The van der Waals surface area contributed by atoms with E-state index in [1.807, 2.05) is 13.8 Å². The number of halogens is 2. The van der Waals surface area contributed by atoms with Gasteiger partial charge in [0, 0.05) is 10.5 Å². The predicted molar refractivity (Wildman–Crippen MR) is 66.1 cm³/mol. The number of benzene rings is 1. The fourth-order valence-electron chi connectivity index (χ4n) is 1.80. The zero-order chi connectivity index (χ0) is 12.0. The zero-order valence-corrected chi connectivity index (χ0v) is 11.1. The lowest BCUT2D eigenvalue weighted by atomic mass is 10.1. The molecule has 0 fully saturated rings. The number of carbonyl (C=O) groups is 2. The Bertz CT molecular complexity index is 499. The van der Waals surface area contributed by atoms with E-state index in [2.05, 4.69) is 15.9 Å². The summed E-state index contributed by atoms with van der Waals surface area (Å²) in [6.07, 6.45) is 0. The lowest BCUT2D eigenvalue weighted by Gasteiger charge is -2.21. The third-order valence-corrected chi connectivity index (χ3v) is 3.19. The van der Waals surface area contributed by atoms with Gasteiger partial charge in [-0.2, -0.15) is 0 Å². The Morgan fingerprint density at radius 2 is 1.94 bits per heavy atom. The second-order valence-electron chi connectivity index (χ2n) is 3.88. The number of hydrogen-bond acceptors (Lipinski definition) is 2. The van der Waals surface area contributed by atoms with Crippen molar-refractivity contribution in [3.63, 3.8) is 0 Å². The monoisotopic (exact) mass is 301 g/mol. The molecular weight excluding hydrogens is 293 g/mol. The van der Waals surface area contributed by atoms with Crippen molar-refractivity contribution in [1.82, 2.24) is 0 Å². The van der Waals surface area contributed by atoms with Crippen LogP contribution in [0.4, 0.5) is 5.69 Å². The van der Waals surface area contributed by atoms with E-state index in [4.69, 9.17) is 11.6 Å². The standard InChI is InChI=1S/C11H9BrClNO2/c1-5(2)14-9-7(10(15)11(14)16)3-6(12)4-8(9)13/h3-5H,1-2H3. The van der Waals surface area contributed by atoms with Gasteiger partial charge >= 0.3 is 0 Å². The molecule has 1 aromatic carbocycles.